The number of likely N-dealkylation sites (N-methyl/N-ethyl adjacent to an activating group) is 1. The molecule has 4 aliphatic carbocycles. The molecule has 57 heavy (non-hydrogen) atoms. The molecule has 3 saturated carbocycles. The van der Waals surface area contributed by atoms with Crippen LogP contribution in [0.1, 0.15) is 196 Å². The van der Waals surface area contributed by atoms with E-state index >= 15 is 0 Å². The average molecular weight is 794 g/mol. The molecule has 0 aromatic heterocycles. The summed E-state index contributed by atoms with van der Waals surface area (Å²) in [5, 5.41) is 0. The molecule has 0 amide bonds. The first-order valence-corrected chi connectivity index (χ1v) is 25.0. The maximum Gasteiger partial charge on any atom is 0.0934 e. The third-order valence-electron chi connectivity index (χ3n) is 15.6. The molecule has 0 bridgehead atoms. The number of hydrogen-bond donors (Lipinski definition) is 0. The number of unbranched alkanes of at least 4 members (excludes halogenated alkanes) is 9. The molecule has 0 saturated heterocycles. The van der Waals surface area contributed by atoms with Crippen LogP contribution in [0.3, 0.4) is 0 Å². The van der Waals surface area contributed by atoms with Crippen LogP contribution < -0.4 is 0 Å². The smallest absolute Gasteiger partial charge is 0.0934 e. The van der Waals surface area contributed by atoms with Gasteiger partial charge in [-0.05, 0) is 157 Å². The first kappa shape index (κ1) is 48.7. The zero-order chi connectivity index (χ0) is 40.9. The van der Waals surface area contributed by atoms with Crippen molar-refractivity contribution in [2.45, 2.75) is 208 Å². The maximum absolute atomic E-state index is 6.58. The van der Waals surface area contributed by atoms with Gasteiger partial charge >= 0.3 is 0 Å². The fourth-order valence-electron chi connectivity index (χ4n) is 12.3. The third kappa shape index (κ3) is 15.8. The summed E-state index contributed by atoms with van der Waals surface area (Å²) in [5.74, 6) is 5.41. The molecular formula is C53H95NO3. The lowest BCUT2D eigenvalue weighted by Crippen LogP contribution is -2.51. The number of fused-ring (bicyclic) bond motifs is 5. The number of allylic oxidation sites excluding steroid dienone is 5. The highest BCUT2D eigenvalue weighted by molar-refractivity contribution is 5.25. The van der Waals surface area contributed by atoms with Crippen LogP contribution in [-0.4, -0.2) is 64.2 Å². The predicted molar refractivity (Wildman–Crippen MR) is 246 cm³/mol. The van der Waals surface area contributed by atoms with E-state index in [1.807, 2.05) is 0 Å². The van der Waals surface area contributed by atoms with Gasteiger partial charge in [0.05, 0.1) is 18.8 Å². The standard InChI is InChI=1S/C53H95NO3/c1-9-10-11-12-13-14-15-16-17-18-19-20-21-22-23-24-37-55-42-47(41-54(7)8)57-39-26-38-56-46-33-35-52(5)45(40-46)29-30-48-50-32-31-49(44(4)28-25-27-43(2)3)53(50,6)36-34-51(48)52/h13-14,16-17,29,43-44,46-51H,9-12,15,18-28,30-42H2,1-8H3. The maximum atomic E-state index is 6.58. The van der Waals surface area contributed by atoms with Gasteiger partial charge in [0.25, 0.3) is 0 Å². The monoisotopic (exact) mass is 794 g/mol. The van der Waals surface area contributed by atoms with Gasteiger partial charge in [0.15, 0.2) is 0 Å². The molecule has 4 aliphatic rings. The van der Waals surface area contributed by atoms with Gasteiger partial charge in [0, 0.05) is 26.4 Å². The van der Waals surface area contributed by atoms with Crippen LogP contribution in [0.4, 0.5) is 0 Å². The molecule has 3 fully saturated rings. The lowest BCUT2D eigenvalue weighted by atomic mass is 9.47. The van der Waals surface area contributed by atoms with Gasteiger partial charge < -0.3 is 19.1 Å². The highest BCUT2D eigenvalue weighted by Crippen LogP contribution is 2.67. The molecule has 0 N–H and O–H groups in total. The summed E-state index contributed by atoms with van der Waals surface area (Å²) in [7, 11) is 4.27. The first-order chi connectivity index (χ1) is 27.6. The zero-order valence-corrected chi connectivity index (χ0v) is 39.2. The topological polar surface area (TPSA) is 30.9 Å². The molecule has 4 heteroatoms. The Bertz CT molecular complexity index is 1160. The molecule has 0 radical (unpaired) electrons. The summed E-state index contributed by atoms with van der Waals surface area (Å²) in [6, 6.07) is 0. The van der Waals surface area contributed by atoms with Crippen molar-refractivity contribution in [2.75, 3.05) is 47.1 Å². The Balaban J connectivity index is 1.05. The largest absolute Gasteiger partial charge is 0.379 e. The van der Waals surface area contributed by atoms with Crippen molar-refractivity contribution in [1.29, 1.82) is 0 Å². The molecule has 330 valence electrons. The van der Waals surface area contributed by atoms with Crippen LogP contribution in [0.25, 0.3) is 0 Å². The van der Waals surface area contributed by atoms with E-state index in [0.29, 0.717) is 23.5 Å². The summed E-state index contributed by atoms with van der Waals surface area (Å²) in [6.45, 7) is 19.0. The summed E-state index contributed by atoms with van der Waals surface area (Å²) >= 11 is 0. The molecule has 9 atom stereocenters. The van der Waals surface area contributed by atoms with E-state index in [-0.39, 0.29) is 6.10 Å². The van der Waals surface area contributed by atoms with Crippen LogP contribution in [0.5, 0.6) is 0 Å². The lowest BCUT2D eigenvalue weighted by molar-refractivity contribution is -0.0673. The van der Waals surface area contributed by atoms with Crippen molar-refractivity contribution in [3.05, 3.63) is 36.0 Å². The van der Waals surface area contributed by atoms with E-state index in [4.69, 9.17) is 14.2 Å². The van der Waals surface area contributed by atoms with Crippen molar-refractivity contribution < 1.29 is 14.2 Å². The molecule has 4 nitrogen and oxygen atoms in total. The Morgan fingerprint density at radius 1 is 0.754 bits per heavy atom. The van der Waals surface area contributed by atoms with E-state index in [9.17, 15) is 0 Å². The zero-order valence-electron chi connectivity index (χ0n) is 39.2. The van der Waals surface area contributed by atoms with Gasteiger partial charge in [0.2, 0.25) is 0 Å². The first-order valence-electron chi connectivity index (χ1n) is 25.0. The van der Waals surface area contributed by atoms with Gasteiger partial charge in [-0.15, -0.1) is 0 Å². The SMILES string of the molecule is CCCCCC=CCC=CCCCCCCCCOCC(CN(C)C)OCCCOC1CCC2(C)C(=CCC3C2CCC2(C)C(C(C)CCCC(C)C)CCC32)C1. The summed E-state index contributed by atoms with van der Waals surface area (Å²) in [6.07, 6.45) is 44.1. The number of ether oxygens (including phenoxy) is 3. The van der Waals surface area contributed by atoms with Crippen LogP contribution >= 0.6 is 0 Å². The Kier molecular flexibility index (Phi) is 22.6. The van der Waals surface area contributed by atoms with Crippen molar-refractivity contribution in [3.63, 3.8) is 0 Å². The molecule has 0 aromatic carbocycles. The lowest BCUT2D eigenvalue weighted by Gasteiger charge is -2.58. The summed E-state index contributed by atoms with van der Waals surface area (Å²) in [4.78, 5) is 2.22. The Morgan fingerprint density at radius 3 is 2.23 bits per heavy atom. The van der Waals surface area contributed by atoms with Gasteiger partial charge in [-0.3, -0.25) is 0 Å². The molecule has 4 rings (SSSR count). The Labute approximate surface area is 355 Å². The van der Waals surface area contributed by atoms with E-state index in [0.717, 1.165) is 87.6 Å². The minimum absolute atomic E-state index is 0.126. The summed E-state index contributed by atoms with van der Waals surface area (Å²) in [5.41, 5.74) is 2.72. The Morgan fingerprint density at radius 2 is 1.49 bits per heavy atom. The molecule has 0 aliphatic heterocycles. The fourth-order valence-corrected chi connectivity index (χ4v) is 12.3. The highest BCUT2D eigenvalue weighted by Gasteiger charge is 2.59. The van der Waals surface area contributed by atoms with Crippen LogP contribution in [0.2, 0.25) is 0 Å². The highest BCUT2D eigenvalue weighted by atomic mass is 16.5. The quantitative estimate of drug-likeness (QED) is 0.0535. The predicted octanol–water partition coefficient (Wildman–Crippen LogP) is 14.6. The number of hydrogen-bond acceptors (Lipinski definition) is 4. The molecular weight excluding hydrogens is 699 g/mol. The van der Waals surface area contributed by atoms with Crippen LogP contribution in [0, 0.1) is 46.3 Å². The number of nitrogens with zero attached hydrogens (tertiary/aromatic N) is 1. The molecule has 0 spiro atoms. The van der Waals surface area contributed by atoms with Gasteiger partial charge in [-0.1, -0.05) is 135 Å². The van der Waals surface area contributed by atoms with Crippen LogP contribution in [0.15, 0.2) is 36.0 Å². The molecule has 9 unspecified atom stereocenters. The minimum Gasteiger partial charge on any atom is -0.379 e. The fraction of sp³-hybridized carbons (Fsp3) is 0.887. The van der Waals surface area contributed by atoms with Gasteiger partial charge in [-0.25, -0.2) is 0 Å². The van der Waals surface area contributed by atoms with E-state index in [1.165, 1.54) is 128 Å². The van der Waals surface area contributed by atoms with E-state index in [2.05, 4.69) is 90.9 Å². The van der Waals surface area contributed by atoms with E-state index in [1.54, 1.807) is 5.57 Å². The van der Waals surface area contributed by atoms with Crippen molar-refractivity contribution in [1.82, 2.24) is 4.90 Å². The number of rotatable bonds is 30. The summed E-state index contributed by atoms with van der Waals surface area (Å²) < 4.78 is 19.1. The van der Waals surface area contributed by atoms with Crippen LogP contribution in [-0.2, 0) is 14.2 Å². The molecule has 0 aromatic rings. The average Bonchev–Trinajstić information content (AvgIpc) is 3.54. The third-order valence-corrected chi connectivity index (χ3v) is 15.6. The van der Waals surface area contributed by atoms with Crippen molar-refractivity contribution >= 4 is 0 Å². The Hall–Kier alpha value is -0.940. The normalized spacial score (nSPS) is 29.9. The van der Waals surface area contributed by atoms with Crippen molar-refractivity contribution in [2.24, 2.45) is 46.3 Å². The van der Waals surface area contributed by atoms with Crippen molar-refractivity contribution in [3.8, 4) is 0 Å². The molecule has 0 heterocycles. The second kappa shape index (κ2) is 26.4. The second-order valence-electron chi connectivity index (χ2n) is 20.8. The second-order valence-corrected chi connectivity index (χ2v) is 20.8. The van der Waals surface area contributed by atoms with Gasteiger partial charge in [0.1, 0.15) is 0 Å². The minimum atomic E-state index is 0.126. The van der Waals surface area contributed by atoms with Gasteiger partial charge in [-0.2, -0.15) is 0 Å². The van der Waals surface area contributed by atoms with E-state index < -0.39 is 0 Å².